The molecule has 114 valence electrons. The molecule has 0 unspecified atom stereocenters. The molecule has 0 aliphatic heterocycles. The van der Waals surface area contributed by atoms with Crippen molar-refractivity contribution in [2.45, 2.75) is 26.1 Å². The molecule has 0 spiro atoms. The lowest BCUT2D eigenvalue weighted by Crippen LogP contribution is -2.24. The maximum Gasteiger partial charge on any atom is 0.366 e. The van der Waals surface area contributed by atoms with Crippen molar-refractivity contribution < 1.29 is 18.7 Å². The van der Waals surface area contributed by atoms with Gasteiger partial charge in [0.2, 0.25) is 0 Å². The number of aliphatic hydroxyl groups is 1. The van der Waals surface area contributed by atoms with Gasteiger partial charge < -0.3 is 14.2 Å². The molecule has 2 aromatic rings. The van der Waals surface area contributed by atoms with Crippen LogP contribution in [-0.4, -0.2) is 18.3 Å². The van der Waals surface area contributed by atoms with Gasteiger partial charge in [0, 0.05) is 0 Å². The van der Waals surface area contributed by atoms with E-state index in [4.69, 9.17) is 9.05 Å². The molecule has 2 aromatic carbocycles. The minimum absolute atomic E-state index is 0.209. The van der Waals surface area contributed by atoms with Crippen LogP contribution in [0.2, 0.25) is 0 Å². The number of fused-ring (bicyclic) bond motifs is 1. The van der Waals surface area contributed by atoms with E-state index in [1.165, 1.54) is 6.92 Å². The van der Waals surface area contributed by atoms with Crippen LogP contribution < -0.4 is 0 Å². The second kappa shape index (κ2) is 6.29. The zero-order valence-electron chi connectivity index (χ0n) is 12.6. The van der Waals surface area contributed by atoms with Crippen LogP contribution in [0.5, 0.6) is 0 Å². The molecule has 0 heterocycles. The van der Waals surface area contributed by atoms with Crippen LogP contribution in [0.1, 0.15) is 26.3 Å². The molecule has 4 nitrogen and oxygen atoms in total. The first-order valence-electron chi connectivity index (χ1n) is 7.05. The van der Waals surface area contributed by atoms with Crippen molar-refractivity contribution in [3.63, 3.8) is 0 Å². The van der Waals surface area contributed by atoms with Crippen molar-refractivity contribution >= 4 is 18.4 Å². The van der Waals surface area contributed by atoms with Gasteiger partial charge in [-0.05, 0) is 43.2 Å². The molecule has 1 atom stereocenters. The first-order valence-corrected chi connectivity index (χ1v) is 8.59. The van der Waals surface area contributed by atoms with Crippen LogP contribution >= 0.6 is 7.60 Å². The number of hydrogen-bond acceptors (Lipinski definition) is 4. The molecular formula is C16H21O4P. The lowest BCUT2D eigenvalue weighted by atomic mass is 10.0. The Morgan fingerprint density at radius 2 is 1.62 bits per heavy atom. The van der Waals surface area contributed by atoms with Gasteiger partial charge in [-0.25, -0.2) is 0 Å². The maximum absolute atomic E-state index is 12.9. The molecule has 0 saturated heterocycles. The average Bonchev–Trinajstić information content (AvgIpc) is 2.47. The van der Waals surface area contributed by atoms with Crippen LogP contribution in [0.3, 0.4) is 0 Å². The average molecular weight is 308 g/mol. The second-order valence-electron chi connectivity index (χ2n) is 4.92. The van der Waals surface area contributed by atoms with Gasteiger partial charge >= 0.3 is 7.60 Å². The Kier molecular flexibility index (Phi) is 4.84. The largest absolute Gasteiger partial charge is 0.373 e. The van der Waals surface area contributed by atoms with Crippen molar-refractivity contribution in [3.05, 3.63) is 48.0 Å². The fourth-order valence-electron chi connectivity index (χ4n) is 2.27. The van der Waals surface area contributed by atoms with E-state index in [0.29, 0.717) is 5.56 Å². The van der Waals surface area contributed by atoms with Gasteiger partial charge in [0.25, 0.3) is 0 Å². The fourth-order valence-corrected chi connectivity index (χ4v) is 3.98. The quantitative estimate of drug-likeness (QED) is 0.810. The van der Waals surface area contributed by atoms with Crippen molar-refractivity contribution in [2.24, 2.45) is 0 Å². The number of rotatable bonds is 6. The molecule has 0 aliphatic rings. The molecular weight excluding hydrogens is 287 g/mol. The Morgan fingerprint density at radius 1 is 1.05 bits per heavy atom. The second-order valence-corrected chi connectivity index (χ2v) is 7.30. The highest BCUT2D eigenvalue weighted by atomic mass is 31.2. The van der Waals surface area contributed by atoms with Gasteiger partial charge in [-0.2, -0.15) is 0 Å². The summed E-state index contributed by atoms with van der Waals surface area (Å²) in [6, 6.07) is 13.3. The third-order valence-electron chi connectivity index (χ3n) is 3.43. The van der Waals surface area contributed by atoms with E-state index < -0.39 is 12.9 Å². The topological polar surface area (TPSA) is 55.8 Å². The van der Waals surface area contributed by atoms with Crippen molar-refractivity contribution in [1.82, 2.24) is 0 Å². The summed E-state index contributed by atoms with van der Waals surface area (Å²) < 4.78 is 23.4. The third kappa shape index (κ3) is 3.04. The lowest BCUT2D eigenvalue weighted by molar-refractivity contribution is 0.0803. The molecule has 0 aliphatic carbocycles. The Bertz CT molecular complexity index is 656. The first kappa shape index (κ1) is 16.2. The molecule has 2 rings (SSSR count). The molecule has 0 fully saturated rings. The highest BCUT2D eigenvalue weighted by Crippen LogP contribution is 2.63. The molecule has 0 saturated carbocycles. The Labute approximate surface area is 125 Å². The third-order valence-corrected chi connectivity index (χ3v) is 5.95. The summed E-state index contributed by atoms with van der Waals surface area (Å²) in [5, 5.41) is 11.1. The lowest BCUT2D eigenvalue weighted by Gasteiger charge is -2.31. The van der Waals surface area contributed by atoms with Gasteiger partial charge in [-0.15, -0.1) is 0 Å². The van der Waals surface area contributed by atoms with Crippen molar-refractivity contribution in [3.8, 4) is 0 Å². The summed E-state index contributed by atoms with van der Waals surface area (Å²) >= 11 is 0. The van der Waals surface area contributed by atoms with Gasteiger partial charge in [0.1, 0.15) is 0 Å². The smallest absolute Gasteiger partial charge is 0.366 e. The molecule has 21 heavy (non-hydrogen) atoms. The Morgan fingerprint density at radius 3 is 2.19 bits per heavy atom. The van der Waals surface area contributed by atoms with Gasteiger partial charge in [-0.3, -0.25) is 4.57 Å². The monoisotopic (exact) mass is 308 g/mol. The van der Waals surface area contributed by atoms with Gasteiger partial charge in [0.15, 0.2) is 5.34 Å². The van der Waals surface area contributed by atoms with E-state index in [0.717, 1.165) is 10.8 Å². The van der Waals surface area contributed by atoms with E-state index >= 15 is 0 Å². The van der Waals surface area contributed by atoms with Gasteiger partial charge in [0.05, 0.1) is 13.2 Å². The number of hydrogen-bond donors (Lipinski definition) is 1. The highest BCUT2D eigenvalue weighted by molar-refractivity contribution is 7.54. The molecule has 0 aromatic heterocycles. The fraction of sp³-hybridized carbons (Fsp3) is 0.375. The SMILES string of the molecule is CCOP(=O)(OCC)[C@@](C)(O)c1ccc2ccccc2c1. The Balaban J connectivity index is 2.50. The summed E-state index contributed by atoms with van der Waals surface area (Å²) in [6.45, 7) is 5.34. The van der Waals surface area contributed by atoms with Gasteiger partial charge in [-0.1, -0.05) is 36.4 Å². The summed E-state index contributed by atoms with van der Waals surface area (Å²) in [5.41, 5.74) is 0.520. The van der Waals surface area contributed by atoms with Crippen LogP contribution in [-0.2, 0) is 19.0 Å². The van der Waals surface area contributed by atoms with Crippen molar-refractivity contribution in [1.29, 1.82) is 0 Å². The molecule has 5 heteroatoms. The van der Waals surface area contributed by atoms with Crippen LogP contribution in [0, 0.1) is 0 Å². The molecule has 1 N–H and O–H groups in total. The van der Waals surface area contributed by atoms with Crippen molar-refractivity contribution in [2.75, 3.05) is 13.2 Å². The number of benzene rings is 2. The van der Waals surface area contributed by atoms with Crippen LogP contribution in [0.25, 0.3) is 10.8 Å². The van der Waals surface area contributed by atoms with E-state index in [1.807, 2.05) is 36.4 Å². The summed E-state index contributed by atoms with van der Waals surface area (Å²) in [4.78, 5) is 0. The first-order chi connectivity index (χ1) is 9.94. The van der Waals surface area contributed by atoms with Crippen LogP contribution in [0.15, 0.2) is 42.5 Å². The normalized spacial score (nSPS) is 15.0. The minimum Gasteiger partial charge on any atom is -0.373 e. The van der Waals surface area contributed by atoms with Crippen LogP contribution in [0.4, 0.5) is 0 Å². The summed E-state index contributed by atoms with van der Waals surface area (Å²) in [5.74, 6) is 0. The summed E-state index contributed by atoms with van der Waals surface area (Å²) in [6.07, 6.45) is 0. The zero-order valence-corrected chi connectivity index (χ0v) is 13.5. The molecule has 0 radical (unpaired) electrons. The predicted octanol–water partition coefficient (Wildman–Crippen LogP) is 4.27. The van der Waals surface area contributed by atoms with E-state index in [9.17, 15) is 9.67 Å². The highest BCUT2D eigenvalue weighted by Gasteiger charge is 2.47. The molecule has 0 amide bonds. The molecule has 0 bridgehead atoms. The standard InChI is InChI=1S/C16H21O4P/c1-4-19-21(18,20-5-2)16(3,17)15-11-10-13-8-6-7-9-14(13)12-15/h6-12,17H,4-5H2,1-3H3/t16-/m1/s1. The maximum atomic E-state index is 12.9. The van der Waals surface area contributed by atoms with E-state index in [-0.39, 0.29) is 13.2 Å². The summed E-state index contributed by atoms with van der Waals surface area (Å²) in [7, 11) is -3.67. The predicted molar refractivity (Wildman–Crippen MR) is 84.4 cm³/mol. The minimum atomic E-state index is -3.67. The van der Waals surface area contributed by atoms with E-state index in [2.05, 4.69) is 0 Å². The zero-order chi connectivity index (χ0) is 15.5. The van der Waals surface area contributed by atoms with E-state index in [1.54, 1.807) is 19.9 Å². The Hall–Kier alpha value is -1.19.